The van der Waals surface area contributed by atoms with Crippen LogP contribution < -0.4 is 10.6 Å². The third kappa shape index (κ3) is 8.59. The molecule has 1 saturated carbocycles. The number of hydrogen-bond acceptors (Lipinski definition) is 6. The van der Waals surface area contributed by atoms with E-state index in [0.717, 1.165) is 32.1 Å². The van der Waals surface area contributed by atoms with Gasteiger partial charge in [0.05, 0.1) is 12.8 Å². The Morgan fingerprint density at radius 2 is 1.68 bits per heavy atom. The van der Waals surface area contributed by atoms with Crippen LogP contribution >= 0.6 is 0 Å². The molecule has 2 fully saturated rings. The van der Waals surface area contributed by atoms with E-state index in [0.29, 0.717) is 31.9 Å². The number of rotatable bonds is 15. The molecule has 8 heteroatoms. The second-order valence-corrected chi connectivity index (χ2v) is 11.9. The largest absolute Gasteiger partial charge is 0.465 e. The number of ether oxygens (including phenoxy) is 2. The van der Waals surface area contributed by atoms with Crippen molar-refractivity contribution in [3.05, 3.63) is 25.3 Å². The van der Waals surface area contributed by atoms with Crippen molar-refractivity contribution < 1.29 is 23.9 Å². The summed E-state index contributed by atoms with van der Waals surface area (Å²) in [6.07, 6.45) is 8.04. The second-order valence-electron chi connectivity index (χ2n) is 11.9. The number of carbonyl (C=O) groups excluding carboxylic acids is 3. The molecule has 1 aliphatic carbocycles. The maximum atomic E-state index is 13.9. The number of hydrogen-bond donors (Lipinski definition) is 2. The molecule has 0 spiro atoms. The van der Waals surface area contributed by atoms with Gasteiger partial charge >= 0.3 is 12.1 Å². The van der Waals surface area contributed by atoms with Gasteiger partial charge in [0.15, 0.2) is 0 Å². The first-order chi connectivity index (χ1) is 17.4. The Kier molecular flexibility index (Phi) is 11.2. The SMILES string of the molecule is C=CCCCC[C@H](N[C@@H]1[C@@H]2[C@H](CN1C(=O)[C@H](CCCC=C)NC(=O)OC(C)(C)C)C2(C)C)C(=O)OCC. The lowest BCUT2D eigenvalue weighted by Gasteiger charge is -2.36. The highest BCUT2D eigenvalue weighted by Crippen LogP contribution is 2.64. The van der Waals surface area contributed by atoms with Gasteiger partial charge in [-0.3, -0.25) is 14.9 Å². The molecule has 0 bridgehead atoms. The van der Waals surface area contributed by atoms with Crippen molar-refractivity contribution in [2.24, 2.45) is 17.3 Å². The fourth-order valence-corrected chi connectivity index (χ4v) is 5.43. The molecule has 37 heavy (non-hydrogen) atoms. The molecule has 2 amide bonds. The van der Waals surface area contributed by atoms with Crippen molar-refractivity contribution in [1.82, 2.24) is 15.5 Å². The minimum Gasteiger partial charge on any atom is -0.465 e. The van der Waals surface area contributed by atoms with Crippen LogP contribution in [0.4, 0.5) is 4.79 Å². The molecule has 0 unspecified atom stereocenters. The summed E-state index contributed by atoms with van der Waals surface area (Å²) in [5.41, 5.74) is -0.589. The van der Waals surface area contributed by atoms with Crippen molar-refractivity contribution in [2.45, 2.75) is 110 Å². The standard InChI is InChI=1S/C29H49N3O5/c1-9-12-14-16-18-22(26(34)36-11-3)30-24-23-20(29(23,7)8)19-32(24)25(33)21(17-15-13-10-2)31-27(35)37-28(4,5)6/h9-10,20-24,30H,1-2,11-19H2,3-8H3,(H,31,35)/t20-,21-,22-,23-,24-/m0/s1. The van der Waals surface area contributed by atoms with E-state index < -0.39 is 23.8 Å². The number of piperidine rings is 1. The predicted molar refractivity (Wildman–Crippen MR) is 146 cm³/mol. The van der Waals surface area contributed by atoms with Gasteiger partial charge in [0.25, 0.3) is 0 Å². The summed E-state index contributed by atoms with van der Waals surface area (Å²) < 4.78 is 10.8. The first kappa shape index (κ1) is 30.9. The number of unbranched alkanes of at least 4 members (excludes halogenated alkanes) is 3. The highest BCUT2D eigenvalue weighted by molar-refractivity contribution is 5.86. The maximum absolute atomic E-state index is 13.9. The summed E-state index contributed by atoms with van der Waals surface area (Å²) in [5, 5.41) is 6.32. The molecular weight excluding hydrogens is 470 g/mol. The van der Waals surface area contributed by atoms with Crippen LogP contribution in [0.25, 0.3) is 0 Å². The number of fused-ring (bicyclic) bond motifs is 1. The van der Waals surface area contributed by atoms with E-state index in [1.807, 2.05) is 17.1 Å². The maximum Gasteiger partial charge on any atom is 0.408 e. The van der Waals surface area contributed by atoms with Crippen molar-refractivity contribution in [1.29, 1.82) is 0 Å². The Morgan fingerprint density at radius 1 is 1.05 bits per heavy atom. The van der Waals surface area contributed by atoms with Gasteiger partial charge in [0.1, 0.15) is 17.7 Å². The van der Waals surface area contributed by atoms with Crippen LogP contribution in [0.3, 0.4) is 0 Å². The summed E-state index contributed by atoms with van der Waals surface area (Å²) in [5.74, 6) is 0.138. The fourth-order valence-electron chi connectivity index (χ4n) is 5.43. The monoisotopic (exact) mass is 519 g/mol. The Labute approximate surface area is 223 Å². The van der Waals surface area contributed by atoms with E-state index in [1.54, 1.807) is 27.7 Å². The summed E-state index contributed by atoms with van der Waals surface area (Å²) in [6.45, 7) is 20.0. The summed E-state index contributed by atoms with van der Waals surface area (Å²) in [4.78, 5) is 41.1. The Morgan fingerprint density at radius 3 is 2.27 bits per heavy atom. The molecule has 0 radical (unpaired) electrons. The number of allylic oxidation sites excluding steroid dienone is 2. The van der Waals surface area contributed by atoms with Crippen molar-refractivity contribution >= 4 is 18.0 Å². The van der Waals surface area contributed by atoms with E-state index >= 15 is 0 Å². The van der Waals surface area contributed by atoms with Gasteiger partial charge < -0.3 is 19.7 Å². The zero-order valence-electron chi connectivity index (χ0n) is 23.8. The molecule has 0 aromatic rings. The van der Waals surface area contributed by atoms with Crippen molar-refractivity contribution in [3.63, 3.8) is 0 Å². The molecular formula is C29H49N3O5. The molecule has 1 saturated heterocycles. The van der Waals surface area contributed by atoms with Gasteiger partial charge in [0.2, 0.25) is 5.91 Å². The lowest BCUT2D eigenvalue weighted by molar-refractivity contribution is -0.148. The van der Waals surface area contributed by atoms with Gasteiger partial charge in [0, 0.05) is 12.5 Å². The van der Waals surface area contributed by atoms with E-state index in [-0.39, 0.29) is 29.4 Å². The quantitative estimate of drug-likeness (QED) is 0.181. The lowest BCUT2D eigenvalue weighted by atomic mass is 10.0. The number of likely N-dealkylation sites (tertiary alicyclic amines) is 1. The molecule has 1 heterocycles. The number of carbonyl (C=O) groups is 3. The van der Waals surface area contributed by atoms with Gasteiger partial charge in [-0.25, -0.2) is 4.79 Å². The molecule has 2 aliphatic rings. The number of nitrogens with zero attached hydrogens (tertiary/aromatic N) is 1. The second kappa shape index (κ2) is 13.4. The zero-order chi connectivity index (χ0) is 27.8. The number of amides is 2. The highest BCUT2D eigenvalue weighted by Gasteiger charge is 2.68. The first-order valence-corrected chi connectivity index (χ1v) is 13.8. The molecule has 2 N–H and O–H groups in total. The van der Waals surface area contributed by atoms with Gasteiger partial charge in [-0.1, -0.05) is 32.4 Å². The van der Waals surface area contributed by atoms with E-state index in [4.69, 9.17) is 9.47 Å². The molecule has 1 aliphatic heterocycles. The van der Waals surface area contributed by atoms with Crippen LogP contribution in [0, 0.1) is 17.3 Å². The van der Waals surface area contributed by atoms with Gasteiger partial charge in [-0.05, 0) is 77.6 Å². The van der Waals surface area contributed by atoms with Crippen LogP contribution in [0.1, 0.15) is 86.5 Å². The normalized spacial score (nSPS) is 23.4. The molecule has 5 atom stereocenters. The van der Waals surface area contributed by atoms with E-state index in [9.17, 15) is 14.4 Å². The smallest absolute Gasteiger partial charge is 0.408 e. The topological polar surface area (TPSA) is 97.0 Å². The Hall–Kier alpha value is -2.35. The number of esters is 1. The summed E-state index contributed by atoms with van der Waals surface area (Å²) >= 11 is 0. The van der Waals surface area contributed by atoms with E-state index in [2.05, 4.69) is 37.6 Å². The Bertz CT molecular complexity index is 819. The Balaban J connectivity index is 2.22. The van der Waals surface area contributed by atoms with Crippen LogP contribution in [0.2, 0.25) is 0 Å². The molecule has 2 rings (SSSR count). The number of alkyl carbamates (subject to hydrolysis) is 1. The van der Waals surface area contributed by atoms with Gasteiger partial charge in [-0.15, -0.1) is 13.2 Å². The van der Waals surface area contributed by atoms with E-state index in [1.165, 1.54) is 0 Å². The number of nitrogens with one attached hydrogen (secondary N) is 2. The zero-order valence-corrected chi connectivity index (χ0v) is 23.8. The molecule has 8 nitrogen and oxygen atoms in total. The predicted octanol–water partition coefficient (Wildman–Crippen LogP) is 4.94. The summed E-state index contributed by atoms with van der Waals surface area (Å²) in [6, 6.07) is -1.22. The van der Waals surface area contributed by atoms with Crippen molar-refractivity contribution in [2.75, 3.05) is 13.2 Å². The fraction of sp³-hybridized carbons (Fsp3) is 0.759. The third-order valence-electron chi connectivity index (χ3n) is 7.48. The van der Waals surface area contributed by atoms with Crippen LogP contribution in [-0.2, 0) is 19.1 Å². The van der Waals surface area contributed by atoms with Crippen molar-refractivity contribution in [3.8, 4) is 0 Å². The van der Waals surface area contributed by atoms with Crippen LogP contribution in [-0.4, -0.2) is 59.9 Å². The van der Waals surface area contributed by atoms with Crippen LogP contribution in [0.5, 0.6) is 0 Å². The summed E-state index contributed by atoms with van der Waals surface area (Å²) in [7, 11) is 0. The molecule has 210 valence electrons. The average Bonchev–Trinajstić information content (AvgIpc) is 3.12. The molecule has 0 aromatic heterocycles. The minimum absolute atomic E-state index is 0.0768. The minimum atomic E-state index is -0.714. The molecule has 0 aromatic carbocycles. The third-order valence-corrected chi connectivity index (χ3v) is 7.48. The highest BCUT2D eigenvalue weighted by atomic mass is 16.6. The van der Waals surface area contributed by atoms with Gasteiger partial charge in [-0.2, -0.15) is 0 Å². The lowest BCUT2D eigenvalue weighted by Crippen LogP contribution is -2.58. The average molecular weight is 520 g/mol. The van der Waals surface area contributed by atoms with Crippen LogP contribution in [0.15, 0.2) is 25.3 Å². The first-order valence-electron chi connectivity index (χ1n) is 13.8.